The summed E-state index contributed by atoms with van der Waals surface area (Å²) in [4.78, 5) is 47.6. The van der Waals surface area contributed by atoms with E-state index in [-0.39, 0.29) is 19.4 Å². The number of phosphoric acid groups is 1. The number of allylic oxidation sites excluding steroid dienone is 2. The molecule has 0 aliphatic carbocycles. The number of ether oxygens (including phenoxy) is 3. The SMILES string of the molecule is CCCCCCCC/C=C/CCCCCCCC(=O)O[C@H](COC(=O)CCCCCCCCCCCCCCC)COP(=O)(O)OC[C@H](O)COC(=O)[C@@H](N)CCCCN. The molecule has 0 bridgehead atoms. The maximum atomic E-state index is 12.7. The minimum absolute atomic E-state index is 0.149. The maximum absolute atomic E-state index is 12.7. The van der Waals surface area contributed by atoms with Gasteiger partial charge in [0.15, 0.2) is 6.10 Å². The number of hydrogen-bond donors (Lipinski definition) is 4. The Kier molecular flexibility index (Phi) is 41.1. The zero-order valence-corrected chi connectivity index (χ0v) is 38.9. The minimum atomic E-state index is -4.75. The number of nitrogens with two attached hydrogens (primary N) is 2. The van der Waals surface area contributed by atoms with Crippen molar-refractivity contribution >= 4 is 25.7 Å². The molecule has 14 heteroatoms. The molecule has 0 aromatic rings. The fourth-order valence-corrected chi connectivity index (χ4v) is 7.39. The van der Waals surface area contributed by atoms with Crippen LogP contribution in [-0.4, -0.2) is 79.1 Å². The highest BCUT2D eigenvalue weighted by molar-refractivity contribution is 7.47. The fourth-order valence-electron chi connectivity index (χ4n) is 6.60. The van der Waals surface area contributed by atoms with E-state index < -0.39 is 63.8 Å². The predicted octanol–water partition coefficient (Wildman–Crippen LogP) is 10.5. The molecule has 0 saturated heterocycles. The molecule has 0 aliphatic heterocycles. The number of aliphatic hydroxyl groups is 1. The molecule has 60 heavy (non-hydrogen) atoms. The first-order valence-corrected chi connectivity index (χ1v) is 25.5. The number of hydrogen-bond acceptors (Lipinski definition) is 12. The van der Waals surface area contributed by atoms with Gasteiger partial charge in [0.05, 0.1) is 13.2 Å². The van der Waals surface area contributed by atoms with Gasteiger partial charge >= 0.3 is 25.7 Å². The summed E-state index contributed by atoms with van der Waals surface area (Å²) >= 11 is 0. The Hall–Kier alpha value is -1.86. The second-order valence-corrected chi connectivity index (χ2v) is 17.8. The first-order valence-electron chi connectivity index (χ1n) is 24.0. The second kappa shape index (κ2) is 42.4. The highest BCUT2D eigenvalue weighted by Gasteiger charge is 2.28. The molecule has 0 heterocycles. The van der Waals surface area contributed by atoms with E-state index >= 15 is 0 Å². The molecule has 0 aliphatic rings. The van der Waals surface area contributed by atoms with Crippen molar-refractivity contribution in [1.82, 2.24) is 0 Å². The van der Waals surface area contributed by atoms with Crippen molar-refractivity contribution < 1.29 is 52.2 Å². The minimum Gasteiger partial charge on any atom is -0.462 e. The summed E-state index contributed by atoms with van der Waals surface area (Å²) in [5.74, 6) is -1.69. The van der Waals surface area contributed by atoms with Crippen LogP contribution in [0.1, 0.15) is 213 Å². The highest BCUT2D eigenvalue weighted by atomic mass is 31.2. The number of rotatable bonds is 45. The van der Waals surface area contributed by atoms with Crippen molar-refractivity contribution in [3.63, 3.8) is 0 Å². The lowest BCUT2D eigenvalue weighted by Gasteiger charge is -2.20. The standard InChI is InChI=1S/C46H89N2O11P/c1-3-5-7-9-11-13-15-17-18-20-22-24-26-28-30-35-45(51)59-42(39-55-44(50)34-29-27-25-23-21-19-16-14-12-10-8-6-4-2)40-58-60(53,54)57-38-41(49)37-56-46(52)43(48)33-31-32-36-47/h17-18,41-43,49H,3-16,19-40,47-48H2,1-2H3,(H,53,54)/b18-17+/t41-,42-,43+/m1/s1. The average molecular weight is 877 g/mol. The summed E-state index contributed by atoms with van der Waals surface area (Å²) in [5.41, 5.74) is 11.2. The van der Waals surface area contributed by atoms with Gasteiger partial charge in [-0.15, -0.1) is 0 Å². The van der Waals surface area contributed by atoms with Crippen LogP contribution in [0.25, 0.3) is 0 Å². The molecule has 0 spiro atoms. The third kappa shape index (κ3) is 40.2. The molecule has 1 unspecified atom stereocenters. The van der Waals surface area contributed by atoms with Crippen molar-refractivity contribution in [2.75, 3.05) is 33.0 Å². The van der Waals surface area contributed by atoms with E-state index in [0.29, 0.717) is 38.6 Å². The van der Waals surface area contributed by atoms with Crippen LogP contribution in [0, 0.1) is 0 Å². The number of phosphoric ester groups is 1. The fraction of sp³-hybridized carbons (Fsp3) is 0.891. The van der Waals surface area contributed by atoms with Gasteiger partial charge in [0.1, 0.15) is 25.4 Å². The van der Waals surface area contributed by atoms with Gasteiger partial charge in [0.2, 0.25) is 0 Å². The molecule has 354 valence electrons. The molecule has 0 radical (unpaired) electrons. The molecule has 0 aromatic heterocycles. The molecule has 0 aromatic carbocycles. The summed E-state index contributed by atoms with van der Waals surface area (Å²) in [6.45, 7) is 2.83. The number of carbonyl (C=O) groups excluding carboxylic acids is 3. The smallest absolute Gasteiger partial charge is 0.462 e. The van der Waals surface area contributed by atoms with Crippen LogP contribution in [0.2, 0.25) is 0 Å². The zero-order valence-electron chi connectivity index (χ0n) is 38.0. The molecule has 6 N–H and O–H groups in total. The van der Waals surface area contributed by atoms with Gasteiger partial charge in [0.25, 0.3) is 0 Å². The molecule has 13 nitrogen and oxygen atoms in total. The topological polar surface area (TPSA) is 207 Å². The third-order valence-corrected chi connectivity index (χ3v) is 11.3. The number of carbonyl (C=O) groups is 3. The molecule has 0 fully saturated rings. The summed E-state index contributed by atoms with van der Waals surface area (Å²) in [6, 6.07) is -0.878. The van der Waals surface area contributed by atoms with Gasteiger partial charge in [-0.25, -0.2) is 4.57 Å². The molecule has 4 atom stereocenters. The molecular formula is C46H89N2O11P. The Balaban J connectivity index is 4.67. The van der Waals surface area contributed by atoms with Crippen LogP contribution in [0.4, 0.5) is 0 Å². The van der Waals surface area contributed by atoms with E-state index in [0.717, 1.165) is 57.8 Å². The molecule has 0 saturated carbocycles. The van der Waals surface area contributed by atoms with Crippen LogP contribution in [-0.2, 0) is 42.2 Å². The van der Waals surface area contributed by atoms with Crippen molar-refractivity contribution in [2.45, 2.75) is 231 Å². The normalized spacial score (nSPS) is 14.2. The van der Waals surface area contributed by atoms with Gasteiger partial charge in [-0.1, -0.05) is 161 Å². The predicted molar refractivity (Wildman–Crippen MR) is 240 cm³/mol. The monoisotopic (exact) mass is 877 g/mol. The third-order valence-electron chi connectivity index (χ3n) is 10.4. The van der Waals surface area contributed by atoms with E-state index in [4.69, 9.17) is 34.7 Å². The van der Waals surface area contributed by atoms with Crippen LogP contribution >= 0.6 is 7.82 Å². The summed E-state index contributed by atoms with van der Waals surface area (Å²) in [6.07, 6.45) is 34.3. The van der Waals surface area contributed by atoms with Gasteiger partial charge in [0, 0.05) is 12.8 Å². The van der Waals surface area contributed by atoms with Gasteiger partial charge < -0.3 is 35.7 Å². The van der Waals surface area contributed by atoms with Crippen molar-refractivity contribution in [3.8, 4) is 0 Å². The number of esters is 3. The van der Waals surface area contributed by atoms with Crippen molar-refractivity contribution in [3.05, 3.63) is 12.2 Å². The van der Waals surface area contributed by atoms with E-state index in [1.807, 2.05) is 0 Å². The van der Waals surface area contributed by atoms with Crippen molar-refractivity contribution in [2.24, 2.45) is 11.5 Å². The van der Waals surface area contributed by atoms with Gasteiger partial charge in [-0.3, -0.25) is 23.4 Å². The Morgan fingerprint density at radius 2 is 1.02 bits per heavy atom. The lowest BCUT2D eigenvalue weighted by molar-refractivity contribution is -0.161. The summed E-state index contributed by atoms with van der Waals surface area (Å²) < 4.78 is 38.5. The van der Waals surface area contributed by atoms with Crippen LogP contribution in [0.15, 0.2) is 12.2 Å². The van der Waals surface area contributed by atoms with Crippen molar-refractivity contribution in [1.29, 1.82) is 0 Å². The number of unbranched alkanes of at least 4 members (excludes halogenated alkanes) is 24. The van der Waals surface area contributed by atoms with E-state index in [2.05, 4.69) is 26.0 Å². The lowest BCUT2D eigenvalue weighted by atomic mass is 10.0. The summed E-state index contributed by atoms with van der Waals surface area (Å²) in [5, 5.41) is 10.1. The van der Waals surface area contributed by atoms with Crippen LogP contribution < -0.4 is 11.5 Å². The first-order chi connectivity index (χ1) is 29.0. The largest absolute Gasteiger partial charge is 0.472 e. The highest BCUT2D eigenvalue weighted by Crippen LogP contribution is 2.43. The number of aliphatic hydroxyl groups excluding tert-OH is 1. The van der Waals surface area contributed by atoms with Crippen LogP contribution in [0.5, 0.6) is 0 Å². The molecular weight excluding hydrogens is 787 g/mol. The van der Waals surface area contributed by atoms with E-state index in [1.54, 1.807) is 0 Å². The summed E-state index contributed by atoms with van der Waals surface area (Å²) in [7, 11) is -4.75. The maximum Gasteiger partial charge on any atom is 0.472 e. The van der Waals surface area contributed by atoms with E-state index in [9.17, 15) is 28.9 Å². The lowest BCUT2D eigenvalue weighted by Crippen LogP contribution is -2.35. The quantitative estimate of drug-likeness (QED) is 0.0148. The second-order valence-electron chi connectivity index (χ2n) is 16.4. The van der Waals surface area contributed by atoms with Gasteiger partial charge in [-0.2, -0.15) is 0 Å². The molecule has 0 rings (SSSR count). The first kappa shape index (κ1) is 58.1. The Morgan fingerprint density at radius 3 is 1.52 bits per heavy atom. The average Bonchev–Trinajstić information content (AvgIpc) is 3.23. The zero-order chi connectivity index (χ0) is 44.4. The van der Waals surface area contributed by atoms with Gasteiger partial charge in [-0.05, 0) is 57.9 Å². The van der Waals surface area contributed by atoms with E-state index in [1.165, 1.54) is 96.3 Å². The Bertz CT molecular complexity index is 1100. The molecule has 0 amide bonds. The Morgan fingerprint density at radius 1 is 0.567 bits per heavy atom. The van der Waals surface area contributed by atoms with Crippen LogP contribution in [0.3, 0.4) is 0 Å². The Labute approximate surface area is 364 Å².